The Kier molecular flexibility index (Phi) is 3.66. The predicted molar refractivity (Wildman–Crippen MR) is 113 cm³/mol. The second-order valence-electron chi connectivity index (χ2n) is 6.90. The number of fused-ring (bicyclic) bond motifs is 2. The average molecular weight is 363 g/mol. The molecule has 0 saturated carbocycles. The molecule has 0 spiro atoms. The summed E-state index contributed by atoms with van der Waals surface area (Å²) < 4.78 is 0. The van der Waals surface area contributed by atoms with Gasteiger partial charge in [-0.15, -0.1) is 0 Å². The smallest absolute Gasteiger partial charge is 0.192 e. The molecule has 128 valence electrons. The first kappa shape index (κ1) is 16.0. The first-order valence-corrected chi connectivity index (χ1v) is 11.2. The number of carbonyl (C=O) groups is 1. The Hall–Kier alpha value is -3.23. The van der Waals surface area contributed by atoms with Gasteiger partial charge in [-0.25, -0.2) is 0 Å². The van der Waals surface area contributed by atoms with Gasteiger partial charge < -0.3 is 0 Å². The van der Waals surface area contributed by atoms with Crippen molar-refractivity contribution in [2.45, 2.75) is 0 Å². The SMILES string of the molecule is O=C1c2ccccc2[Si](c2ccccc2)(c2ccccc2)c2ccccc21. The summed E-state index contributed by atoms with van der Waals surface area (Å²) in [6.07, 6.45) is 0. The Balaban J connectivity index is 2.01. The molecule has 0 radical (unpaired) electrons. The molecule has 0 amide bonds. The van der Waals surface area contributed by atoms with Crippen LogP contribution < -0.4 is 20.7 Å². The second-order valence-corrected chi connectivity index (χ2v) is 10.6. The molecule has 5 rings (SSSR count). The van der Waals surface area contributed by atoms with E-state index in [1.165, 1.54) is 20.7 Å². The molecule has 1 heterocycles. The summed E-state index contributed by atoms with van der Waals surface area (Å²) in [5.41, 5.74) is 1.69. The molecule has 0 bridgehead atoms. The number of benzene rings is 4. The van der Waals surface area contributed by atoms with Crippen molar-refractivity contribution >= 4 is 34.6 Å². The quantitative estimate of drug-likeness (QED) is 0.441. The van der Waals surface area contributed by atoms with Crippen molar-refractivity contribution in [3.63, 3.8) is 0 Å². The van der Waals surface area contributed by atoms with Crippen molar-refractivity contribution in [2.24, 2.45) is 0 Å². The largest absolute Gasteiger partial charge is 0.289 e. The molecule has 2 heteroatoms. The van der Waals surface area contributed by atoms with Gasteiger partial charge in [0.1, 0.15) is 0 Å². The average Bonchev–Trinajstić information content (AvgIpc) is 2.76. The Morgan fingerprint density at radius 3 is 1.26 bits per heavy atom. The Labute approximate surface area is 160 Å². The van der Waals surface area contributed by atoms with Gasteiger partial charge in [-0.1, -0.05) is 109 Å². The van der Waals surface area contributed by atoms with Gasteiger partial charge in [-0.05, 0) is 20.7 Å². The van der Waals surface area contributed by atoms with Crippen LogP contribution in [-0.2, 0) is 0 Å². The van der Waals surface area contributed by atoms with E-state index < -0.39 is 8.07 Å². The minimum atomic E-state index is -2.54. The third-order valence-corrected chi connectivity index (χ3v) is 10.5. The molecule has 0 N–H and O–H groups in total. The molecular formula is C25H18OSi. The number of carbonyl (C=O) groups excluding carboxylic acids is 1. The Morgan fingerprint density at radius 2 is 0.815 bits per heavy atom. The fourth-order valence-electron chi connectivity index (χ4n) is 4.47. The van der Waals surface area contributed by atoms with Crippen molar-refractivity contribution in [1.29, 1.82) is 0 Å². The van der Waals surface area contributed by atoms with Crippen LogP contribution in [0.15, 0.2) is 109 Å². The van der Waals surface area contributed by atoms with Crippen LogP contribution in [0.4, 0.5) is 0 Å². The zero-order valence-electron chi connectivity index (χ0n) is 14.8. The van der Waals surface area contributed by atoms with E-state index in [-0.39, 0.29) is 5.78 Å². The highest BCUT2D eigenvalue weighted by Crippen LogP contribution is 2.20. The van der Waals surface area contributed by atoms with Crippen LogP contribution in [0.25, 0.3) is 0 Å². The molecule has 4 aromatic carbocycles. The lowest BCUT2D eigenvalue weighted by molar-refractivity contribution is 0.104. The van der Waals surface area contributed by atoms with Crippen LogP contribution in [0.1, 0.15) is 15.9 Å². The minimum Gasteiger partial charge on any atom is -0.289 e. The summed E-state index contributed by atoms with van der Waals surface area (Å²) in [5.74, 6) is 0.135. The van der Waals surface area contributed by atoms with Crippen molar-refractivity contribution in [2.75, 3.05) is 0 Å². The molecule has 0 aliphatic carbocycles. The van der Waals surface area contributed by atoms with Crippen LogP contribution in [0, 0.1) is 0 Å². The predicted octanol–water partition coefficient (Wildman–Crippen LogP) is 2.61. The maximum atomic E-state index is 13.3. The monoisotopic (exact) mass is 362 g/mol. The highest BCUT2D eigenvalue weighted by molar-refractivity contribution is 7.21. The minimum absolute atomic E-state index is 0.135. The molecule has 4 aromatic rings. The van der Waals surface area contributed by atoms with Crippen molar-refractivity contribution in [3.8, 4) is 0 Å². The molecule has 27 heavy (non-hydrogen) atoms. The van der Waals surface area contributed by atoms with Gasteiger partial charge in [0.25, 0.3) is 0 Å². The van der Waals surface area contributed by atoms with Crippen molar-refractivity contribution < 1.29 is 4.79 Å². The van der Waals surface area contributed by atoms with Gasteiger partial charge in [-0.3, -0.25) is 4.79 Å². The number of ketones is 1. The molecular weight excluding hydrogens is 344 g/mol. The van der Waals surface area contributed by atoms with Crippen LogP contribution in [0.3, 0.4) is 0 Å². The van der Waals surface area contributed by atoms with E-state index in [1.807, 2.05) is 24.3 Å². The lowest BCUT2D eigenvalue weighted by Crippen LogP contribution is -2.78. The van der Waals surface area contributed by atoms with Gasteiger partial charge in [0.2, 0.25) is 0 Å². The summed E-state index contributed by atoms with van der Waals surface area (Å²) in [7, 11) is -2.54. The normalized spacial score (nSPS) is 14.3. The van der Waals surface area contributed by atoms with Crippen LogP contribution in [0.2, 0.25) is 0 Å². The molecule has 1 aliphatic heterocycles. The lowest BCUT2D eigenvalue weighted by Gasteiger charge is -2.39. The van der Waals surface area contributed by atoms with E-state index in [1.54, 1.807) is 0 Å². The number of hydrogen-bond acceptors (Lipinski definition) is 1. The standard InChI is InChI=1S/C25H18OSi/c26-25-21-15-7-9-17-23(21)27(19-11-3-1-4-12-19,20-13-5-2-6-14-20)24-18-10-8-16-22(24)25/h1-18H. The highest BCUT2D eigenvalue weighted by atomic mass is 28.3. The molecule has 0 unspecified atom stereocenters. The molecule has 1 aliphatic rings. The fraction of sp³-hybridized carbons (Fsp3) is 0. The van der Waals surface area contributed by atoms with Gasteiger partial charge >= 0.3 is 0 Å². The van der Waals surface area contributed by atoms with E-state index in [4.69, 9.17) is 0 Å². The summed E-state index contributed by atoms with van der Waals surface area (Å²) >= 11 is 0. The summed E-state index contributed by atoms with van der Waals surface area (Å²) in [6.45, 7) is 0. The summed E-state index contributed by atoms with van der Waals surface area (Å²) in [4.78, 5) is 13.3. The van der Waals surface area contributed by atoms with E-state index in [0.717, 1.165) is 11.1 Å². The number of rotatable bonds is 2. The molecule has 0 atom stereocenters. The van der Waals surface area contributed by atoms with E-state index in [0.29, 0.717) is 0 Å². The van der Waals surface area contributed by atoms with Crippen molar-refractivity contribution in [3.05, 3.63) is 120 Å². The second kappa shape index (κ2) is 6.18. The van der Waals surface area contributed by atoms with Crippen molar-refractivity contribution in [1.82, 2.24) is 0 Å². The first-order chi connectivity index (χ1) is 13.3. The highest BCUT2D eigenvalue weighted by Gasteiger charge is 2.48. The topological polar surface area (TPSA) is 17.1 Å². The lowest BCUT2D eigenvalue weighted by atomic mass is 10.0. The third kappa shape index (κ3) is 2.20. The Morgan fingerprint density at radius 1 is 0.444 bits per heavy atom. The van der Waals surface area contributed by atoms with Gasteiger partial charge in [0.05, 0.1) is 0 Å². The summed E-state index contributed by atoms with van der Waals surface area (Å²) in [5, 5.41) is 4.99. The third-order valence-electron chi connectivity index (χ3n) is 5.56. The fourth-order valence-corrected chi connectivity index (χ4v) is 9.62. The Bertz CT molecular complexity index is 1040. The molecule has 1 nitrogen and oxygen atoms in total. The first-order valence-electron chi connectivity index (χ1n) is 9.18. The van der Waals surface area contributed by atoms with Crippen LogP contribution in [-0.4, -0.2) is 13.9 Å². The number of hydrogen-bond donors (Lipinski definition) is 0. The van der Waals surface area contributed by atoms with E-state index >= 15 is 0 Å². The summed E-state index contributed by atoms with van der Waals surface area (Å²) in [6, 6.07) is 37.8. The van der Waals surface area contributed by atoms with Crippen LogP contribution >= 0.6 is 0 Å². The van der Waals surface area contributed by atoms with Crippen LogP contribution in [0.5, 0.6) is 0 Å². The zero-order chi connectivity index (χ0) is 18.3. The maximum absolute atomic E-state index is 13.3. The zero-order valence-corrected chi connectivity index (χ0v) is 15.8. The molecule has 0 fully saturated rings. The molecule has 0 aromatic heterocycles. The van der Waals surface area contributed by atoms with Gasteiger partial charge in [-0.2, -0.15) is 0 Å². The maximum Gasteiger partial charge on any atom is 0.192 e. The van der Waals surface area contributed by atoms with E-state index in [2.05, 4.69) is 84.9 Å². The van der Waals surface area contributed by atoms with E-state index in [9.17, 15) is 4.79 Å². The van der Waals surface area contributed by atoms with Gasteiger partial charge in [0, 0.05) is 11.1 Å². The molecule has 0 saturated heterocycles. The van der Waals surface area contributed by atoms with Gasteiger partial charge in [0.15, 0.2) is 13.9 Å².